The Hall–Kier alpha value is -1.10. The monoisotopic (exact) mass is 199 g/mol. The normalized spacial score (nSPS) is 32.1. The molecular weight excluding hydrogens is 186 g/mol. The SMILES string of the molecule is O=C(O)C1CC(C2CCCOC2)=NO1. The van der Waals surface area contributed by atoms with Crippen LogP contribution < -0.4 is 0 Å². The lowest BCUT2D eigenvalue weighted by Crippen LogP contribution is -2.27. The second kappa shape index (κ2) is 3.96. The lowest BCUT2D eigenvalue weighted by molar-refractivity contribution is -0.148. The van der Waals surface area contributed by atoms with E-state index in [9.17, 15) is 4.79 Å². The van der Waals surface area contributed by atoms with Crippen molar-refractivity contribution in [3.8, 4) is 0 Å². The number of carboxylic acids is 1. The fraction of sp³-hybridized carbons (Fsp3) is 0.778. The molecule has 2 atom stereocenters. The van der Waals surface area contributed by atoms with E-state index in [0.717, 1.165) is 25.2 Å². The predicted octanol–water partition coefficient (Wildman–Crippen LogP) is 0.643. The van der Waals surface area contributed by atoms with Gasteiger partial charge in [0.1, 0.15) is 0 Å². The van der Waals surface area contributed by atoms with Gasteiger partial charge in [-0.2, -0.15) is 0 Å². The molecule has 2 aliphatic rings. The fourth-order valence-electron chi connectivity index (χ4n) is 1.77. The second-order valence-corrected chi connectivity index (χ2v) is 3.63. The average Bonchev–Trinajstić information content (AvgIpc) is 2.68. The summed E-state index contributed by atoms with van der Waals surface area (Å²) in [7, 11) is 0. The average molecular weight is 199 g/mol. The van der Waals surface area contributed by atoms with Gasteiger partial charge in [-0.1, -0.05) is 5.16 Å². The first-order valence-electron chi connectivity index (χ1n) is 4.80. The molecule has 1 fully saturated rings. The zero-order valence-electron chi connectivity index (χ0n) is 7.81. The number of oxime groups is 1. The number of ether oxygens (including phenoxy) is 1. The molecule has 1 saturated heterocycles. The summed E-state index contributed by atoms with van der Waals surface area (Å²) >= 11 is 0. The Morgan fingerprint density at radius 2 is 2.43 bits per heavy atom. The number of carboxylic acid groups (broad SMARTS) is 1. The summed E-state index contributed by atoms with van der Waals surface area (Å²) in [6, 6.07) is 0. The van der Waals surface area contributed by atoms with Crippen molar-refractivity contribution in [2.75, 3.05) is 13.2 Å². The highest BCUT2D eigenvalue weighted by Gasteiger charge is 2.32. The van der Waals surface area contributed by atoms with Gasteiger partial charge >= 0.3 is 5.97 Å². The number of aliphatic carboxylic acids is 1. The third kappa shape index (κ3) is 1.87. The zero-order valence-corrected chi connectivity index (χ0v) is 7.81. The summed E-state index contributed by atoms with van der Waals surface area (Å²) in [6.07, 6.45) is 1.66. The van der Waals surface area contributed by atoms with Crippen LogP contribution in [0.3, 0.4) is 0 Å². The molecule has 0 amide bonds. The van der Waals surface area contributed by atoms with E-state index in [1.54, 1.807) is 0 Å². The van der Waals surface area contributed by atoms with Crippen molar-refractivity contribution in [1.82, 2.24) is 0 Å². The van der Waals surface area contributed by atoms with Crippen LogP contribution in [0.5, 0.6) is 0 Å². The standard InChI is InChI=1S/C9H13NO4/c11-9(12)8-4-7(10-14-8)6-2-1-3-13-5-6/h6,8H,1-5H2,(H,11,12). The van der Waals surface area contributed by atoms with E-state index in [0.29, 0.717) is 13.0 Å². The largest absolute Gasteiger partial charge is 0.478 e. The molecular formula is C9H13NO4. The Bertz CT molecular complexity index is 258. The molecule has 5 nitrogen and oxygen atoms in total. The van der Waals surface area contributed by atoms with Crippen LogP contribution in [0.2, 0.25) is 0 Å². The van der Waals surface area contributed by atoms with Crippen LogP contribution in [-0.4, -0.2) is 36.1 Å². The molecule has 2 heterocycles. The Labute approximate surface area is 81.7 Å². The van der Waals surface area contributed by atoms with E-state index in [2.05, 4.69) is 5.16 Å². The van der Waals surface area contributed by atoms with Crippen LogP contribution >= 0.6 is 0 Å². The minimum absolute atomic E-state index is 0.257. The van der Waals surface area contributed by atoms with Gasteiger partial charge in [0.2, 0.25) is 6.10 Å². The van der Waals surface area contributed by atoms with Gasteiger partial charge in [0.25, 0.3) is 0 Å². The maximum absolute atomic E-state index is 10.6. The highest BCUT2D eigenvalue weighted by molar-refractivity contribution is 5.92. The van der Waals surface area contributed by atoms with E-state index in [4.69, 9.17) is 14.7 Å². The van der Waals surface area contributed by atoms with Crippen molar-refractivity contribution in [3.63, 3.8) is 0 Å². The van der Waals surface area contributed by atoms with E-state index >= 15 is 0 Å². The maximum Gasteiger partial charge on any atom is 0.348 e. The first-order valence-corrected chi connectivity index (χ1v) is 4.80. The first-order chi connectivity index (χ1) is 6.77. The van der Waals surface area contributed by atoms with Crippen molar-refractivity contribution in [3.05, 3.63) is 0 Å². The molecule has 0 aromatic carbocycles. The summed E-state index contributed by atoms with van der Waals surface area (Å²) in [5.74, 6) is -0.687. The van der Waals surface area contributed by atoms with Crippen molar-refractivity contribution in [1.29, 1.82) is 0 Å². The summed E-state index contributed by atoms with van der Waals surface area (Å²) in [6.45, 7) is 1.45. The van der Waals surface area contributed by atoms with E-state index < -0.39 is 12.1 Å². The number of hydrogen-bond acceptors (Lipinski definition) is 4. The van der Waals surface area contributed by atoms with Gasteiger partial charge in [-0.25, -0.2) is 4.79 Å². The number of hydrogen-bond donors (Lipinski definition) is 1. The van der Waals surface area contributed by atoms with Crippen molar-refractivity contribution >= 4 is 11.7 Å². The topological polar surface area (TPSA) is 68.1 Å². The molecule has 2 aliphatic heterocycles. The molecule has 5 heteroatoms. The quantitative estimate of drug-likeness (QED) is 0.708. The summed E-state index contributed by atoms with van der Waals surface area (Å²) in [5.41, 5.74) is 0.845. The highest BCUT2D eigenvalue weighted by Crippen LogP contribution is 2.22. The molecule has 1 N–H and O–H groups in total. The maximum atomic E-state index is 10.6. The Morgan fingerprint density at radius 1 is 1.57 bits per heavy atom. The third-order valence-corrected chi connectivity index (χ3v) is 2.60. The second-order valence-electron chi connectivity index (χ2n) is 3.63. The van der Waals surface area contributed by atoms with Crippen LogP contribution in [-0.2, 0) is 14.4 Å². The Balaban J connectivity index is 1.90. The Morgan fingerprint density at radius 3 is 3.00 bits per heavy atom. The molecule has 0 radical (unpaired) electrons. The van der Waals surface area contributed by atoms with Gasteiger partial charge in [0, 0.05) is 18.9 Å². The molecule has 0 saturated carbocycles. The van der Waals surface area contributed by atoms with Crippen LogP contribution in [0.4, 0.5) is 0 Å². The molecule has 2 rings (SSSR count). The zero-order chi connectivity index (χ0) is 9.97. The van der Waals surface area contributed by atoms with Gasteiger partial charge in [-0.3, -0.25) is 0 Å². The van der Waals surface area contributed by atoms with Crippen molar-refractivity contribution in [2.24, 2.45) is 11.1 Å². The van der Waals surface area contributed by atoms with Gasteiger partial charge in [-0.05, 0) is 12.8 Å². The number of rotatable bonds is 2. The fourth-order valence-corrected chi connectivity index (χ4v) is 1.77. The minimum Gasteiger partial charge on any atom is -0.478 e. The Kier molecular flexibility index (Phi) is 2.67. The molecule has 0 aliphatic carbocycles. The summed E-state index contributed by atoms with van der Waals surface area (Å²) < 4.78 is 5.31. The van der Waals surface area contributed by atoms with Crippen molar-refractivity contribution < 1.29 is 19.5 Å². The number of nitrogens with zero attached hydrogens (tertiary/aromatic N) is 1. The van der Waals surface area contributed by atoms with E-state index in [1.165, 1.54) is 0 Å². The lowest BCUT2D eigenvalue weighted by atomic mass is 9.93. The minimum atomic E-state index is -0.944. The van der Waals surface area contributed by atoms with Gasteiger partial charge < -0.3 is 14.7 Å². The van der Waals surface area contributed by atoms with Crippen LogP contribution in [0.15, 0.2) is 5.16 Å². The lowest BCUT2D eigenvalue weighted by Gasteiger charge is -2.20. The molecule has 0 aromatic heterocycles. The van der Waals surface area contributed by atoms with Crippen LogP contribution in [0.1, 0.15) is 19.3 Å². The predicted molar refractivity (Wildman–Crippen MR) is 48.1 cm³/mol. The molecule has 2 unspecified atom stereocenters. The van der Waals surface area contributed by atoms with Crippen molar-refractivity contribution in [2.45, 2.75) is 25.4 Å². The molecule has 78 valence electrons. The number of carbonyl (C=O) groups is 1. The summed E-state index contributed by atoms with van der Waals surface area (Å²) in [5, 5.41) is 12.5. The van der Waals surface area contributed by atoms with Gasteiger partial charge in [-0.15, -0.1) is 0 Å². The van der Waals surface area contributed by atoms with E-state index in [-0.39, 0.29) is 5.92 Å². The molecule has 0 bridgehead atoms. The third-order valence-electron chi connectivity index (χ3n) is 2.60. The highest BCUT2D eigenvalue weighted by atomic mass is 16.7. The van der Waals surface area contributed by atoms with Gasteiger partial charge in [0.15, 0.2) is 0 Å². The smallest absolute Gasteiger partial charge is 0.348 e. The van der Waals surface area contributed by atoms with Gasteiger partial charge in [0.05, 0.1) is 12.3 Å². The van der Waals surface area contributed by atoms with Crippen LogP contribution in [0, 0.1) is 5.92 Å². The van der Waals surface area contributed by atoms with Crippen LogP contribution in [0.25, 0.3) is 0 Å². The molecule has 0 aromatic rings. The molecule has 14 heavy (non-hydrogen) atoms. The first kappa shape index (κ1) is 9.45. The van der Waals surface area contributed by atoms with E-state index in [1.807, 2.05) is 0 Å². The molecule has 0 spiro atoms. The summed E-state index contributed by atoms with van der Waals surface area (Å²) in [4.78, 5) is 15.4.